The number of ether oxygens (including phenoxy) is 4. The molecule has 1 aliphatic rings. The highest BCUT2D eigenvalue weighted by Crippen LogP contribution is 2.45. The van der Waals surface area contributed by atoms with E-state index in [-0.39, 0.29) is 29.3 Å². The molecule has 1 aliphatic heterocycles. The number of nitrogens with zero attached hydrogens (tertiary/aromatic N) is 3. The third kappa shape index (κ3) is 6.54. The normalized spacial score (nSPS) is 18.5. The van der Waals surface area contributed by atoms with Crippen molar-refractivity contribution in [3.05, 3.63) is 112 Å². The van der Waals surface area contributed by atoms with Crippen molar-refractivity contribution >= 4 is 22.9 Å². The lowest BCUT2D eigenvalue weighted by Gasteiger charge is -2.40. The number of aliphatic hydroxyl groups excluding tert-OH is 1. The molecule has 5 aromatic rings. The number of carbonyl (C=O) groups excluding carboxylic acids is 1. The van der Waals surface area contributed by atoms with Gasteiger partial charge in [-0.1, -0.05) is 68.4 Å². The van der Waals surface area contributed by atoms with Gasteiger partial charge in [-0.15, -0.1) is 0 Å². The molecule has 0 aliphatic carbocycles. The van der Waals surface area contributed by atoms with E-state index in [1.54, 1.807) is 18.4 Å². The van der Waals surface area contributed by atoms with Crippen LogP contribution >= 0.6 is 0 Å². The average molecular weight is 668 g/mol. The van der Waals surface area contributed by atoms with Crippen LogP contribution in [0.3, 0.4) is 0 Å². The number of aliphatic hydroxyl groups is 1. The lowest BCUT2D eigenvalue weighted by molar-refractivity contribution is -0.168. The first-order chi connectivity index (χ1) is 23.7. The standard InChI is InChI=1S/C37H41N5O7/c1-5-46-26-16-12-24(13-17-26)37(23-10-8-7-9-11-23,25-14-18-27(19-15-25)47-6-2)49-33(31(44)22(3)4)32-28(43)20-29(48-32)42-21-39-30-34(42)40-36(38)41-35(30)45/h7-19,21-22,28-29,32-33,43H,5-6,20H2,1-4H3,(H3,38,40,41,45)/t28-,29+,32-,33?/m0/s1. The number of ketones is 1. The minimum atomic E-state index is -1.35. The molecule has 1 saturated heterocycles. The smallest absolute Gasteiger partial charge is 0.280 e. The summed E-state index contributed by atoms with van der Waals surface area (Å²) in [5.74, 6) is 0.573. The van der Waals surface area contributed by atoms with Crippen molar-refractivity contribution in [2.45, 2.75) is 64.3 Å². The Labute approximate surface area is 283 Å². The number of hydrogen-bond acceptors (Lipinski definition) is 10. The number of carbonyl (C=O) groups is 1. The van der Waals surface area contributed by atoms with Gasteiger partial charge in [0.25, 0.3) is 5.56 Å². The Morgan fingerprint density at radius 2 is 1.55 bits per heavy atom. The summed E-state index contributed by atoms with van der Waals surface area (Å²) in [6, 6.07) is 24.8. The van der Waals surface area contributed by atoms with Gasteiger partial charge < -0.3 is 29.8 Å². The van der Waals surface area contributed by atoms with Crippen molar-refractivity contribution in [1.82, 2.24) is 19.5 Å². The topological polar surface area (TPSA) is 164 Å². The fourth-order valence-corrected chi connectivity index (χ4v) is 6.36. The van der Waals surface area contributed by atoms with Crippen LogP contribution in [0.25, 0.3) is 11.2 Å². The van der Waals surface area contributed by atoms with Gasteiger partial charge in [0.2, 0.25) is 5.95 Å². The van der Waals surface area contributed by atoms with Crippen molar-refractivity contribution in [2.75, 3.05) is 18.9 Å². The van der Waals surface area contributed by atoms with Crippen LogP contribution in [-0.2, 0) is 19.9 Å². The number of benzene rings is 3. The van der Waals surface area contributed by atoms with Crippen LogP contribution in [0.2, 0.25) is 0 Å². The first-order valence-corrected chi connectivity index (χ1v) is 16.5. The summed E-state index contributed by atoms with van der Waals surface area (Å²) in [5, 5.41) is 11.6. The molecule has 1 unspecified atom stereocenters. The first kappa shape index (κ1) is 33.8. The molecular weight excluding hydrogens is 626 g/mol. The molecule has 12 nitrogen and oxygen atoms in total. The fourth-order valence-electron chi connectivity index (χ4n) is 6.36. The van der Waals surface area contributed by atoms with Gasteiger partial charge in [-0.2, -0.15) is 4.98 Å². The number of aromatic nitrogens is 4. The highest BCUT2D eigenvalue weighted by Gasteiger charge is 2.50. The number of aromatic amines is 1. The number of nitrogens with one attached hydrogen (secondary N) is 1. The molecule has 6 rings (SSSR count). The van der Waals surface area contributed by atoms with E-state index in [1.807, 2.05) is 92.7 Å². The van der Waals surface area contributed by atoms with Gasteiger partial charge in [-0.05, 0) is 54.8 Å². The molecule has 12 heteroatoms. The Morgan fingerprint density at radius 1 is 0.980 bits per heavy atom. The number of rotatable bonds is 13. The Balaban J connectivity index is 1.49. The van der Waals surface area contributed by atoms with Gasteiger partial charge >= 0.3 is 0 Å². The van der Waals surface area contributed by atoms with E-state index in [0.717, 1.165) is 16.7 Å². The number of nitrogens with two attached hydrogens (primary N) is 1. The maximum Gasteiger partial charge on any atom is 0.280 e. The van der Waals surface area contributed by atoms with Crippen LogP contribution in [0.4, 0.5) is 5.95 Å². The maximum atomic E-state index is 14.3. The number of imidazole rings is 1. The molecule has 0 saturated carbocycles. The second kappa shape index (κ2) is 14.2. The summed E-state index contributed by atoms with van der Waals surface area (Å²) in [7, 11) is 0. The monoisotopic (exact) mass is 667 g/mol. The van der Waals surface area contributed by atoms with Crippen molar-refractivity contribution in [2.24, 2.45) is 5.92 Å². The van der Waals surface area contributed by atoms with Crippen molar-refractivity contribution < 1.29 is 28.8 Å². The summed E-state index contributed by atoms with van der Waals surface area (Å²) in [5.41, 5.74) is 6.50. The minimum absolute atomic E-state index is 0.0795. The Morgan fingerprint density at radius 3 is 2.10 bits per heavy atom. The van der Waals surface area contributed by atoms with Gasteiger partial charge in [0, 0.05) is 12.3 Å². The van der Waals surface area contributed by atoms with E-state index in [9.17, 15) is 14.7 Å². The van der Waals surface area contributed by atoms with Crippen LogP contribution in [0, 0.1) is 5.92 Å². The molecule has 1 fully saturated rings. The van der Waals surface area contributed by atoms with E-state index in [2.05, 4.69) is 15.0 Å². The van der Waals surface area contributed by atoms with E-state index in [0.29, 0.717) is 24.7 Å². The van der Waals surface area contributed by atoms with Crippen LogP contribution < -0.4 is 20.8 Å². The van der Waals surface area contributed by atoms with Crippen LogP contribution in [0.1, 0.15) is 57.0 Å². The molecule has 0 spiro atoms. The summed E-state index contributed by atoms with van der Waals surface area (Å²) in [6.07, 6.45) is -2.77. The highest BCUT2D eigenvalue weighted by atomic mass is 16.6. The Hall–Kier alpha value is -5.04. The van der Waals surface area contributed by atoms with Gasteiger partial charge in [0.15, 0.2) is 16.9 Å². The second-order valence-electron chi connectivity index (χ2n) is 12.2. The van der Waals surface area contributed by atoms with Gasteiger partial charge in [0.05, 0.1) is 25.6 Å². The van der Waals surface area contributed by atoms with Gasteiger partial charge in [0.1, 0.15) is 35.5 Å². The number of H-pyrrole nitrogens is 1. The molecular formula is C37H41N5O7. The third-order valence-electron chi connectivity index (χ3n) is 8.67. The Kier molecular flexibility index (Phi) is 9.81. The highest BCUT2D eigenvalue weighted by molar-refractivity contribution is 5.86. The largest absolute Gasteiger partial charge is 0.494 e. The quantitative estimate of drug-likeness (QED) is 0.149. The van der Waals surface area contributed by atoms with E-state index < -0.39 is 41.6 Å². The summed E-state index contributed by atoms with van der Waals surface area (Å²) < 4.78 is 26.8. The van der Waals surface area contributed by atoms with Crippen LogP contribution in [0.5, 0.6) is 11.5 Å². The van der Waals surface area contributed by atoms with Crippen molar-refractivity contribution in [1.29, 1.82) is 0 Å². The summed E-state index contributed by atoms with van der Waals surface area (Å²) in [6.45, 7) is 8.43. The molecule has 0 amide bonds. The van der Waals surface area contributed by atoms with Crippen LogP contribution in [-0.4, -0.2) is 61.9 Å². The molecule has 3 aromatic carbocycles. The molecule has 0 bridgehead atoms. The summed E-state index contributed by atoms with van der Waals surface area (Å²) in [4.78, 5) is 37.7. The summed E-state index contributed by atoms with van der Waals surface area (Å²) >= 11 is 0. The predicted octanol–water partition coefficient (Wildman–Crippen LogP) is 4.75. The fraction of sp³-hybridized carbons (Fsp3) is 0.351. The number of fused-ring (bicyclic) bond motifs is 1. The first-order valence-electron chi connectivity index (χ1n) is 16.5. The van der Waals surface area contributed by atoms with Gasteiger partial charge in [-0.25, -0.2) is 4.98 Å². The molecule has 4 atom stereocenters. The van der Waals surface area contributed by atoms with Crippen molar-refractivity contribution in [3.63, 3.8) is 0 Å². The lowest BCUT2D eigenvalue weighted by Crippen LogP contribution is -2.49. The average Bonchev–Trinajstić information content (AvgIpc) is 3.70. The number of nitrogen functional groups attached to an aromatic ring is 1. The van der Waals surface area contributed by atoms with Gasteiger partial charge in [-0.3, -0.25) is 19.1 Å². The lowest BCUT2D eigenvalue weighted by atomic mass is 9.79. The van der Waals surface area contributed by atoms with Crippen molar-refractivity contribution in [3.8, 4) is 11.5 Å². The molecule has 49 heavy (non-hydrogen) atoms. The molecule has 256 valence electrons. The number of anilines is 1. The molecule has 0 radical (unpaired) electrons. The van der Waals surface area contributed by atoms with E-state index in [1.165, 1.54) is 6.33 Å². The molecule has 2 aromatic heterocycles. The van der Waals surface area contributed by atoms with Crippen LogP contribution in [0.15, 0.2) is 90.0 Å². The second-order valence-corrected chi connectivity index (χ2v) is 12.2. The third-order valence-corrected chi connectivity index (χ3v) is 8.67. The molecule has 4 N–H and O–H groups in total. The predicted molar refractivity (Wildman–Crippen MR) is 183 cm³/mol. The number of Topliss-reactive ketones (excluding diaryl/α,β-unsaturated/α-hetero) is 1. The van der Waals surface area contributed by atoms with E-state index >= 15 is 0 Å². The zero-order valence-electron chi connectivity index (χ0n) is 27.9. The zero-order valence-corrected chi connectivity index (χ0v) is 27.9. The minimum Gasteiger partial charge on any atom is -0.494 e. The zero-order chi connectivity index (χ0) is 34.7. The number of hydrogen-bond donors (Lipinski definition) is 3. The SMILES string of the molecule is CCOc1ccc(C(OC(C(=O)C(C)C)[C@H]2O[C@@H](n3cnc4c(=O)[nH]c(N)nc43)C[C@@H]2O)(c2ccccc2)c2ccc(OCC)cc2)cc1. The maximum absolute atomic E-state index is 14.3. The molecule has 3 heterocycles. The Bertz CT molecular complexity index is 1890. The van der Waals surface area contributed by atoms with E-state index in [4.69, 9.17) is 24.7 Å².